The average Bonchev–Trinajstić information content (AvgIpc) is 2.14. The van der Waals surface area contributed by atoms with Crippen LogP contribution in [0.1, 0.15) is 32.8 Å². The maximum atomic E-state index is 2.29. The highest BCUT2D eigenvalue weighted by Crippen LogP contribution is 2.22. The zero-order chi connectivity index (χ0) is 10.6. The molecule has 78 valence electrons. The van der Waals surface area contributed by atoms with Gasteiger partial charge in [0, 0.05) is 4.90 Å². The summed E-state index contributed by atoms with van der Waals surface area (Å²) in [6, 6.07) is 8.92. The summed E-state index contributed by atoms with van der Waals surface area (Å²) in [5, 5.41) is 0. The number of aryl methyl sites for hydroxylation is 1. The Kier molecular flexibility index (Phi) is 4.06. The van der Waals surface area contributed by atoms with E-state index in [1.165, 1.54) is 23.3 Å². The summed E-state index contributed by atoms with van der Waals surface area (Å²) in [6.45, 7) is 6.88. The van der Waals surface area contributed by atoms with Crippen molar-refractivity contribution < 1.29 is 0 Å². The molecule has 14 heavy (non-hydrogen) atoms. The molecule has 0 fully saturated rings. The van der Waals surface area contributed by atoms with Crippen LogP contribution in [-0.4, -0.2) is 6.26 Å². The predicted octanol–water partition coefficient (Wildman–Crippen LogP) is 4.39. The zero-order valence-electron chi connectivity index (χ0n) is 9.63. The van der Waals surface area contributed by atoms with E-state index in [2.05, 4.69) is 51.3 Å². The Bertz CT molecular complexity index is 266. The molecular formula is C13H20S. The monoisotopic (exact) mass is 208 g/mol. The highest BCUT2D eigenvalue weighted by atomic mass is 32.2. The molecule has 0 aromatic heterocycles. The summed E-state index contributed by atoms with van der Waals surface area (Å²) < 4.78 is 0. The van der Waals surface area contributed by atoms with Crippen molar-refractivity contribution in [2.24, 2.45) is 5.41 Å². The van der Waals surface area contributed by atoms with Gasteiger partial charge in [-0.1, -0.05) is 32.9 Å². The summed E-state index contributed by atoms with van der Waals surface area (Å²) in [4.78, 5) is 1.35. The van der Waals surface area contributed by atoms with Gasteiger partial charge >= 0.3 is 0 Å². The van der Waals surface area contributed by atoms with Crippen LogP contribution in [0.3, 0.4) is 0 Å². The van der Waals surface area contributed by atoms with Crippen molar-refractivity contribution in [3.63, 3.8) is 0 Å². The molecule has 0 N–H and O–H groups in total. The van der Waals surface area contributed by atoms with Crippen molar-refractivity contribution in [2.75, 3.05) is 6.26 Å². The molecular weight excluding hydrogens is 188 g/mol. The number of hydrogen-bond acceptors (Lipinski definition) is 1. The van der Waals surface area contributed by atoms with E-state index >= 15 is 0 Å². The first-order chi connectivity index (χ1) is 6.51. The molecule has 0 bridgehead atoms. The number of thioether (sulfide) groups is 1. The lowest BCUT2D eigenvalue weighted by atomic mass is 9.89. The van der Waals surface area contributed by atoms with Crippen LogP contribution in [0, 0.1) is 5.41 Å². The zero-order valence-corrected chi connectivity index (χ0v) is 10.4. The minimum atomic E-state index is 0.443. The molecule has 0 aliphatic heterocycles. The van der Waals surface area contributed by atoms with Gasteiger partial charge in [0.15, 0.2) is 0 Å². The molecule has 0 atom stereocenters. The summed E-state index contributed by atoms with van der Waals surface area (Å²) in [5.41, 5.74) is 1.90. The molecule has 0 saturated heterocycles. The van der Waals surface area contributed by atoms with Crippen LogP contribution in [0.15, 0.2) is 29.2 Å². The van der Waals surface area contributed by atoms with Gasteiger partial charge in [0.1, 0.15) is 0 Å². The third-order valence-corrected chi connectivity index (χ3v) is 3.07. The Morgan fingerprint density at radius 2 is 1.64 bits per heavy atom. The van der Waals surface area contributed by atoms with Gasteiger partial charge in [-0.15, -0.1) is 11.8 Å². The Balaban J connectivity index is 2.52. The minimum Gasteiger partial charge on any atom is -0.130 e. The van der Waals surface area contributed by atoms with Crippen molar-refractivity contribution >= 4 is 11.8 Å². The van der Waals surface area contributed by atoms with E-state index in [0.717, 1.165) is 0 Å². The second kappa shape index (κ2) is 4.88. The van der Waals surface area contributed by atoms with Crippen LogP contribution in [0.4, 0.5) is 0 Å². The molecule has 1 aromatic carbocycles. The number of hydrogen-bond donors (Lipinski definition) is 0. The van der Waals surface area contributed by atoms with E-state index in [9.17, 15) is 0 Å². The lowest BCUT2D eigenvalue weighted by molar-refractivity contribution is 0.378. The summed E-state index contributed by atoms with van der Waals surface area (Å²) >= 11 is 1.80. The first-order valence-electron chi connectivity index (χ1n) is 5.14. The molecule has 0 nitrogen and oxygen atoms in total. The SMILES string of the molecule is CSc1ccc(CCC(C)(C)C)cc1. The van der Waals surface area contributed by atoms with Gasteiger partial charge in [-0.05, 0) is 42.2 Å². The van der Waals surface area contributed by atoms with Crippen molar-refractivity contribution in [3.05, 3.63) is 29.8 Å². The molecule has 1 rings (SSSR count). The van der Waals surface area contributed by atoms with Crippen LogP contribution in [-0.2, 0) is 6.42 Å². The molecule has 1 aromatic rings. The highest BCUT2D eigenvalue weighted by molar-refractivity contribution is 7.98. The van der Waals surface area contributed by atoms with Gasteiger partial charge in [-0.25, -0.2) is 0 Å². The second-order valence-electron chi connectivity index (χ2n) is 4.91. The van der Waals surface area contributed by atoms with Crippen LogP contribution in [0.25, 0.3) is 0 Å². The number of benzene rings is 1. The van der Waals surface area contributed by atoms with E-state index in [-0.39, 0.29) is 0 Å². The van der Waals surface area contributed by atoms with Gasteiger partial charge in [0.25, 0.3) is 0 Å². The van der Waals surface area contributed by atoms with Crippen molar-refractivity contribution in [3.8, 4) is 0 Å². The molecule has 0 amide bonds. The third-order valence-electron chi connectivity index (χ3n) is 2.32. The Labute approximate surface area is 92.1 Å². The van der Waals surface area contributed by atoms with Gasteiger partial charge in [-0.3, -0.25) is 0 Å². The standard InChI is InChI=1S/C13H20S/c1-13(2,3)10-9-11-5-7-12(14-4)8-6-11/h5-8H,9-10H2,1-4H3. The van der Waals surface area contributed by atoms with Gasteiger partial charge < -0.3 is 0 Å². The van der Waals surface area contributed by atoms with Crippen LogP contribution in [0.2, 0.25) is 0 Å². The van der Waals surface area contributed by atoms with E-state index in [4.69, 9.17) is 0 Å². The largest absolute Gasteiger partial charge is 0.130 e. The average molecular weight is 208 g/mol. The molecule has 0 radical (unpaired) electrons. The lowest BCUT2D eigenvalue weighted by Crippen LogP contribution is -2.06. The van der Waals surface area contributed by atoms with E-state index in [0.29, 0.717) is 5.41 Å². The third kappa shape index (κ3) is 4.19. The summed E-state index contributed by atoms with van der Waals surface area (Å²) in [7, 11) is 0. The van der Waals surface area contributed by atoms with Crippen LogP contribution < -0.4 is 0 Å². The molecule has 0 heterocycles. The van der Waals surface area contributed by atoms with E-state index < -0.39 is 0 Å². The van der Waals surface area contributed by atoms with Crippen molar-refractivity contribution in [1.82, 2.24) is 0 Å². The Morgan fingerprint density at radius 1 is 1.07 bits per heavy atom. The quantitative estimate of drug-likeness (QED) is 0.664. The Hall–Kier alpha value is -0.430. The summed E-state index contributed by atoms with van der Waals surface area (Å²) in [5.74, 6) is 0. The highest BCUT2D eigenvalue weighted by Gasteiger charge is 2.09. The van der Waals surface area contributed by atoms with Crippen LogP contribution in [0.5, 0.6) is 0 Å². The normalized spacial score (nSPS) is 11.7. The Morgan fingerprint density at radius 3 is 2.07 bits per heavy atom. The second-order valence-corrected chi connectivity index (χ2v) is 5.79. The number of rotatable bonds is 3. The maximum Gasteiger partial charge on any atom is 0.00693 e. The minimum absolute atomic E-state index is 0.443. The molecule has 0 aliphatic carbocycles. The van der Waals surface area contributed by atoms with Gasteiger partial charge in [-0.2, -0.15) is 0 Å². The topological polar surface area (TPSA) is 0 Å². The van der Waals surface area contributed by atoms with Gasteiger partial charge in [0.05, 0.1) is 0 Å². The first-order valence-corrected chi connectivity index (χ1v) is 6.37. The maximum absolute atomic E-state index is 2.29. The first kappa shape index (κ1) is 11.6. The fourth-order valence-electron chi connectivity index (χ4n) is 1.31. The smallest absolute Gasteiger partial charge is 0.00693 e. The molecule has 0 spiro atoms. The fraction of sp³-hybridized carbons (Fsp3) is 0.538. The molecule has 0 aliphatic rings. The molecule has 1 heteroatoms. The predicted molar refractivity (Wildman–Crippen MR) is 66.0 cm³/mol. The molecule has 0 unspecified atom stereocenters. The van der Waals surface area contributed by atoms with Gasteiger partial charge in [0.2, 0.25) is 0 Å². The van der Waals surface area contributed by atoms with E-state index in [1.54, 1.807) is 11.8 Å². The summed E-state index contributed by atoms with van der Waals surface area (Å²) in [6.07, 6.45) is 4.56. The van der Waals surface area contributed by atoms with Crippen LogP contribution >= 0.6 is 11.8 Å². The van der Waals surface area contributed by atoms with Crippen molar-refractivity contribution in [1.29, 1.82) is 0 Å². The van der Waals surface area contributed by atoms with Crippen molar-refractivity contribution in [2.45, 2.75) is 38.5 Å². The lowest BCUT2D eigenvalue weighted by Gasteiger charge is -2.17. The molecule has 0 saturated carbocycles. The van der Waals surface area contributed by atoms with E-state index in [1.807, 2.05) is 0 Å². The fourth-order valence-corrected chi connectivity index (χ4v) is 1.72.